The van der Waals surface area contributed by atoms with Gasteiger partial charge < -0.3 is 14.3 Å². The van der Waals surface area contributed by atoms with Gasteiger partial charge in [-0.25, -0.2) is 0 Å². The van der Waals surface area contributed by atoms with Crippen LogP contribution < -0.4 is 4.74 Å². The van der Waals surface area contributed by atoms with Crippen LogP contribution in [0.15, 0.2) is 41.0 Å². The molecule has 0 aliphatic carbocycles. The van der Waals surface area contributed by atoms with Gasteiger partial charge in [-0.15, -0.1) is 0 Å². The average Bonchev–Trinajstić information content (AvgIpc) is 2.69. The maximum atomic E-state index is 9.02. The largest absolute Gasteiger partial charge is 0.486 e. The van der Waals surface area contributed by atoms with E-state index >= 15 is 0 Å². The lowest BCUT2D eigenvalue weighted by atomic mass is 10.2. The molecule has 1 heterocycles. The Balaban J connectivity index is 2.02. The van der Waals surface area contributed by atoms with Crippen molar-refractivity contribution in [1.82, 2.24) is 0 Å². The SMILES string of the molecule is Cc1c(CO)coc1COc1ccccc1. The van der Waals surface area contributed by atoms with E-state index in [0.717, 1.165) is 22.6 Å². The Labute approximate surface area is 94.3 Å². The van der Waals surface area contributed by atoms with Crippen LogP contribution in [0.5, 0.6) is 5.75 Å². The van der Waals surface area contributed by atoms with Gasteiger partial charge >= 0.3 is 0 Å². The molecule has 2 rings (SSSR count). The number of hydrogen-bond donors (Lipinski definition) is 1. The molecule has 0 saturated carbocycles. The zero-order valence-corrected chi connectivity index (χ0v) is 9.14. The van der Waals surface area contributed by atoms with Crippen LogP contribution in [-0.2, 0) is 13.2 Å². The Morgan fingerprint density at radius 3 is 2.62 bits per heavy atom. The third-order valence-electron chi connectivity index (χ3n) is 2.53. The Hall–Kier alpha value is -1.74. The van der Waals surface area contributed by atoms with E-state index in [1.807, 2.05) is 37.3 Å². The summed E-state index contributed by atoms with van der Waals surface area (Å²) in [6.45, 7) is 2.30. The highest BCUT2D eigenvalue weighted by atomic mass is 16.5. The second-order valence-corrected chi connectivity index (χ2v) is 3.57. The second-order valence-electron chi connectivity index (χ2n) is 3.57. The molecule has 0 spiro atoms. The van der Waals surface area contributed by atoms with Crippen molar-refractivity contribution in [2.45, 2.75) is 20.1 Å². The van der Waals surface area contributed by atoms with Crippen molar-refractivity contribution in [2.75, 3.05) is 0 Å². The minimum atomic E-state index is 0.000665. The van der Waals surface area contributed by atoms with E-state index in [9.17, 15) is 0 Å². The minimum Gasteiger partial charge on any atom is -0.486 e. The number of hydrogen-bond acceptors (Lipinski definition) is 3. The van der Waals surface area contributed by atoms with Gasteiger partial charge in [-0.1, -0.05) is 18.2 Å². The quantitative estimate of drug-likeness (QED) is 0.857. The number of furan rings is 1. The minimum absolute atomic E-state index is 0.000665. The molecule has 0 aliphatic heterocycles. The van der Waals surface area contributed by atoms with Gasteiger partial charge in [0.05, 0.1) is 12.9 Å². The highest BCUT2D eigenvalue weighted by Gasteiger charge is 2.08. The fraction of sp³-hybridized carbons (Fsp3) is 0.231. The average molecular weight is 218 g/mol. The lowest BCUT2D eigenvalue weighted by Gasteiger charge is -2.04. The molecule has 1 aromatic carbocycles. The van der Waals surface area contributed by atoms with E-state index in [0.29, 0.717) is 6.61 Å². The van der Waals surface area contributed by atoms with Crippen molar-refractivity contribution in [3.05, 3.63) is 53.5 Å². The summed E-state index contributed by atoms with van der Waals surface area (Å²) in [6, 6.07) is 9.57. The summed E-state index contributed by atoms with van der Waals surface area (Å²) in [5.41, 5.74) is 1.77. The van der Waals surface area contributed by atoms with Gasteiger partial charge in [-0.05, 0) is 24.6 Å². The van der Waals surface area contributed by atoms with E-state index in [2.05, 4.69) is 0 Å². The fourth-order valence-electron chi connectivity index (χ4n) is 1.46. The van der Waals surface area contributed by atoms with Gasteiger partial charge in [0, 0.05) is 5.56 Å². The number of benzene rings is 1. The molecule has 0 unspecified atom stereocenters. The summed E-state index contributed by atoms with van der Waals surface area (Å²) in [7, 11) is 0. The van der Waals surface area contributed by atoms with Gasteiger partial charge in [0.25, 0.3) is 0 Å². The van der Waals surface area contributed by atoms with Crippen LogP contribution >= 0.6 is 0 Å². The van der Waals surface area contributed by atoms with Crippen molar-refractivity contribution >= 4 is 0 Å². The molecule has 0 amide bonds. The molecule has 0 aliphatic rings. The number of ether oxygens (including phenoxy) is 1. The molecular weight excluding hydrogens is 204 g/mol. The van der Waals surface area contributed by atoms with Crippen LogP contribution in [0.2, 0.25) is 0 Å². The van der Waals surface area contributed by atoms with E-state index in [1.165, 1.54) is 0 Å². The Morgan fingerprint density at radius 2 is 2.00 bits per heavy atom. The third kappa shape index (κ3) is 2.25. The van der Waals surface area contributed by atoms with Gasteiger partial charge in [0.2, 0.25) is 0 Å². The zero-order chi connectivity index (χ0) is 11.4. The van der Waals surface area contributed by atoms with Crippen LogP contribution in [0.4, 0.5) is 0 Å². The smallest absolute Gasteiger partial charge is 0.146 e. The number of aliphatic hydroxyl groups excluding tert-OH is 1. The molecule has 0 saturated heterocycles. The maximum absolute atomic E-state index is 9.02. The normalized spacial score (nSPS) is 10.4. The molecule has 0 atom stereocenters. The first kappa shape index (κ1) is 10.8. The van der Waals surface area contributed by atoms with E-state index in [4.69, 9.17) is 14.3 Å². The van der Waals surface area contributed by atoms with Crippen molar-refractivity contribution in [2.24, 2.45) is 0 Å². The molecule has 0 bridgehead atoms. The summed E-state index contributed by atoms with van der Waals surface area (Å²) in [4.78, 5) is 0. The molecule has 1 aromatic heterocycles. The molecule has 16 heavy (non-hydrogen) atoms. The van der Waals surface area contributed by atoms with Gasteiger partial charge in [-0.3, -0.25) is 0 Å². The van der Waals surface area contributed by atoms with Crippen LogP contribution in [0.25, 0.3) is 0 Å². The monoisotopic (exact) mass is 218 g/mol. The van der Waals surface area contributed by atoms with E-state index < -0.39 is 0 Å². The van der Waals surface area contributed by atoms with Crippen molar-refractivity contribution in [3.63, 3.8) is 0 Å². The predicted octanol–water partition coefficient (Wildman–Crippen LogP) is 2.66. The van der Waals surface area contributed by atoms with Crippen molar-refractivity contribution in [1.29, 1.82) is 0 Å². The molecule has 3 nitrogen and oxygen atoms in total. The van der Waals surface area contributed by atoms with Gasteiger partial charge in [-0.2, -0.15) is 0 Å². The molecular formula is C13H14O3. The Bertz CT molecular complexity index is 445. The lowest BCUT2D eigenvalue weighted by molar-refractivity contribution is 0.268. The van der Waals surface area contributed by atoms with Gasteiger partial charge in [0.15, 0.2) is 0 Å². The Morgan fingerprint density at radius 1 is 1.25 bits per heavy atom. The Kier molecular flexibility index (Phi) is 3.27. The predicted molar refractivity (Wildman–Crippen MR) is 60.1 cm³/mol. The molecule has 0 radical (unpaired) electrons. The first-order chi connectivity index (χ1) is 7.81. The first-order valence-electron chi connectivity index (χ1n) is 5.16. The maximum Gasteiger partial charge on any atom is 0.146 e. The van der Waals surface area contributed by atoms with E-state index in [1.54, 1.807) is 6.26 Å². The van der Waals surface area contributed by atoms with E-state index in [-0.39, 0.29) is 6.61 Å². The highest BCUT2D eigenvalue weighted by molar-refractivity contribution is 5.26. The molecule has 0 fully saturated rings. The summed E-state index contributed by atoms with van der Waals surface area (Å²) >= 11 is 0. The fourth-order valence-corrected chi connectivity index (χ4v) is 1.46. The molecule has 3 heteroatoms. The molecule has 84 valence electrons. The van der Waals surface area contributed by atoms with Crippen LogP contribution in [-0.4, -0.2) is 5.11 Å². The van der Waals surface area contributed by atoms with Crippen LogP contribution in [0.1, 0.15) is 16.9 Å². The van der Waals surface area contributed by atoms with Crippen molar-refractivity contribution in [3.8, 4) is 5.75 Å². The standard InChI is InChI=1S/C13H14O3/c1-10-11(7-14)8-16-13(10)9-15-12-5-3-2-4-6-12/h2-6,8,14H,7,9H2,1H3. The van der Waals surface area contributed by atoms with Crippen LogP contribution in [0, 0.1) is 6.92 Å². The zero-order valence-electron chi connectivity index (χ0n) is 9.14. The number of rotatable bonds is 4. The molecule has 1 N–H and O–H groups in total. The van der Waals surface area contributed by atoms with Crippen LogP contribution in [0.3, 0.4) is 0 Å². The van der Waals surface area contributed by atoms with Gasteiger partial charge in [0.1, 0.15) is 18.1 Å². The summed E-state index contributed by atoms with van der Waals surface area (Å²) in [6.07, 6.45) is 1.57. The number of aliphatic hydroxyl groups is 1. The summed E-state index contributed by atoms with van der Waals surface area (Å²) in [5, 5.41) is 9.02. The number of para-hydroxylation sites is 1. The first-order valence-corrected chi connectivity index (χ1v) is 5.16. The summed E-state index contributed by atoms with van der Waals surface area (Å²) in [5.74, 6) is 1.57. The van der Waals surface area contributed by atoms with Crippen molar-refractivity contribution < 1.29 is 14.3 Å². The lowest BCUT2D eigenvalue weighted by Crippen LogP contribution is -1.96. The topological polar surface area (TPSA) is 42.6 Å². The highest BCUT2D eigenvalue weighted by Crippen LogP contribution is 2.18. The third-order valence-corrected chi connectivity index (χ3v) is 2.53. The second kappa shape index (κ2) is 4.86. The molecule has 2 aromatic rings. The summed E-state index contributed by atoms with van der Waals surface area (Å²) < 4.78 is 10.9.